The molecule has 9 heteroatoms. The van der Waals surface area contributed by atoms with E-state index in [1.165, 1.54) is 12.1 Å². The van der Waals surface area contributed by atoms with Crippen molar-refractivity contribution in [3.05, 3.63) is 24.3 Å². The highest BCUT2D eigenvalue weighted by Crippen LogP contribution is 2.18. The molecule has 0 atom stereocenters. The van der Waals surface area contributed by atoms with Gasteiger partial charge >= 0.3 is 6.01 Å². The lowest BCUT2D eigenvalue weighted by Crippen LogP contribution is -2.06. The molecule has 0 spiro atoms. The summed E-state index contributed by atoms with van der Waals surface area (Å²) < 4.78 is 27.9. The number of hydrogen-bond acceptors (Lipinski definition) is 8. The first-order valence-electron chi connectivity index (χ1n) is 6.10. The van der Waals surface area contributed by atoms with Gasteiger partial charge in [0.1, 0.15) is 0 Å². The number of nitrogens with two attached hydrogens (primary N) is 1. The Morgan fingerprint density at radius 2 is 1.86 bits per heavy atom. The van der Waals surface area contributed by atoms with Crippen LogP contribution >= 0.6 is 0 Å². The van der Waals surface area contributed by atoms with Crippen molar-refractivity contribution in [2.24, 2.45) is 0 Å². The molecular formula is C12H15N5O3S. The van der Waals surface area contributed by atoms with Gasteiger partial charge in [-0.3, -0.25) is 0 Å². The maximum atomic E-state index is 11.4. The number of rotatable bonds is 5. The van der Waals surface area contributed by atoms with Crippen LogP contribution in [0.1, 0.15) is 6.92 Å². The topological polar surface area (TPSA) is 120 Å². The van der Waals surface area contributed by atoms with Crippen molar-refractivity contribution in [2.45, 2.75) is 11.8 Å². The van der Waals surface area contributed by atoms with Crippen LogP contribution in [0.15, 0.2) is 29.2 Å². The van der Waals surface area contributed by atoms with Crippen LogP contribution in [-0.4, -0.2) is 36.2 Å². The van der Waals surface area contributed by atoms with E-state index in [4.69, 9.17) is 10.5 Å². The Labute approximate surface area is 122 Å². The minimum Gasteiger partial charge on any atom is -0.464 e. The Kier molecular flexibility index (Phi) is 4.22. The van der Waals surface area contributed by atoms with E-state index in [2.05, 4.69) is 20.3 Å². The van der Waals surface area contributed by atoms with Crippen LogP contribution in [0.3, 0.4) is 0 Å². The molecule has 8 nitrogen and oxygen atoms in total. The second-order valence-electron chi connectivity index (χ2n) is 4.15. The van der Waals surface area contributed by atoms with Gasteiger partial charge in [0.25, 0.3) is 0 Å². The third-order valence-electron chi connectivity index (χ3n) is 2.44. The molecule has 1 aromatic carbocycles. The van der Waals surface area contributed by atoms with Gasteiger partial charge in [-0.2, -0.15) is 15.0 Å². The van der Waals surface area contributed by atoms with Crippen LogP contribution in [0, 0.1) is 0 Å². The molecular weight excluding hydrogens is 294 g/mol. The fourth-order valence-electron chi connectivity index (χ4n) is 1.54. The fraction of sp³-hybridized carbons (Fsp3) is 0.250. The number of nitrogens with one attached hydrogen (secondary N) is 1. The molecule has 1 heterocycles. The first-order valence-corrected chi connectivity index (χ1v) is 7.99. The molecule has 0 saturated carbocycles. The molecule has 2 aromatic rings. The molecule has 3 N–H and O–H groups in total. The van der Waals surface area contributed by atoms with Crippen molar-refractivity contribution in [1.29, 1.82) is 0 Å². The van der Waals surface area contributed by atoms with E-state index in [0.717, 1.165) is 6.26 Å². The summed E-state index contributed by atoms with van der Waals surface area (Å²) in [5, 5.41) is 2.91. The van der Waals surface area contributed by atoms with E-state index >= 15 is 0 Å². The second kappa shape index (κ2) is 5.92. The molecule has 112 valence electrons. The summed E-state index contributed by atoms with van der Waals surface area (Å²) in [5.41, 5.74) is 6.18. The molecule has 2 rings (SSSR count). The van der Waals surface area contributed by atoms with E-state index in [1.54, 1.807) is 19.1 Å². The standard InChI is InChI=1S/C12H15N5O3S/c1-3-20-12-16-10(13)15-11(17-12)14-8-4-6-9(7-5-8)21(2,18)19/h4-7H,3H2,1-2H3,(H3,13,14,15,16,17). The maximum absolute atomic E-state index is 11.4. The molecule has 0 bridgehead atoms. The summed E-state index contributed by atoms with van der Waals surface area (Å²) in [6.45, 7) is 2.21. The summed E-state index contributed by atoms with van der Waals surface area (Å²) in [4.78, 5) is 12.0. The van der Waals surface area contributed by atoms with Crippen LogP contribution in [0.2, 0.25) is 0 Å². The van der Waals surface area contributed by atoms with Crippen molar-refractivity contribution >= 4 is 27.4 Å². The number of nitrogen functional groups attached to an aromatic ring is 1. The van der Waals surface area contributed by atoms with E-state index in [1.807, 2.05) is 0 Å². The van der Waals surface area contributed by atoms with Crippen molar-refractivity contribution < 1.29 is 13.2 Å². The minimum absolute atomic E-state index is 0.0312. The summed E-state index contributed by atoms with van der Waals surface area (Å²) in [7, 11) is -3.22. The first-order chi connectivity index (χ1) is 9.88. The average molecular weight is 309 g/mol. The van der Waals surface area contributed by atoms with Crippen LogP contribution in [0.25, 0.3) is 0 Å². The number of nitrogens with zero attached hydrogens (tertiary/aromatic N) is 3. The smallest absolute Gasteiger partial charge is 0.323 e. The predicted octanol–water partition coefficient (Wildman–Crippen LogP) is 1.000. The third-order valence-corrected chi connectivity index (χ3v) is 3.57. The van der Waals surface area contributed by atoms with E-state index in [9.17, 15) is 8.42 Å². The SMILES string of the molecule is CCOc1nc(N)nc(Nc2ccc(S(C)(=O)=O)cc2)n1. The molecule has 0 aliphatic rings. The zero-order valence-electron chi connectivity index (χ0n) is 11.6. The van der Waals surface area contributed by atoms with Gasteiger partial charge in [-0.25, -0.2) is 8.42 Å². The predicted molar refractivity (Wildman–Crippen MR) is 78.2 cm³/mol. The maximum Gasteiger partial charge on any atom is 0.323 e. The molecule has 21 heavy (non-hydrogen) atoms. The van der Waals surface area contributed by atoms with Crippen LogP contribution in [0.5, 0.6) is 6.01 Å². The van der Waals surface area contributed by atoms with Crippen molar-refractivity contribution in [3.8, 4) is 6.01 Å². The lowest BCUT2D eigenvalue weighted by molar-refractivity contribution is 0.312. The number of aromatic nitrogens is 3. The fourth-order valence-corrected chi connectivity index (χ4v) is 2.17. The van der Waals surface area contributed by atoms with Gasteiger partial charge < -0.3 is 15.8 Å². The molecule has 0 unspecified atom stereocenters. The molecule has 0 fully saturated rings. The van der Waals surface area contributed by atoms with Crippen molar-refractivity contribution in [3.63, 3.8) is 0 Å². The lowest BCUT2D eigenvalue weighted by atomic mass is 10.3. The average Bonchev–Trinajstić information content (AvgIpc) is 2.38. The summed E-state index contributed by atoms with van der Waals surface area (Å²) in [5.74, 6) is 0.252. The Hall–Kier alpha value is -2.42. The molecule has 0 radical (unpaired) electrons. The zero-order valence-corrected chi connectivity index (χ0v) is 12.4. The Balaban J connectivity index is 2.22. The van der Waals surface area contributed by atoms with Gasteiger partial charge in [0.15, 0.2) is 9.84 Å². The van der Waals surface area contributed by atoms with Crippen molar-refractivity contribution in [1.82, 2.24) is 15.0 Å². The van der Waals surface area contributed by atoms with Gasteiger partial charge in [0, 0.05) is 11.9 Å². The Bertz CT molecular complexity index is 731. The number of ether oxygens (including phenoxy) is 1. The molecule has 0 aliphatic carbocycles. The zero-order chi connectivity index (χ0) is 15.5. The largest absolute Gasteiger partial charge is 0.464 e. The number of hydrogen-bond donors (Lipinski definition) is 2. The molecule has 1 aromatic heterocycles. The van der Waals surface area contributed by atoms with Gasteiger partial charge in [-0.05, 0) is 31.2 Å². The van der Waals surface area contributed by atoms with Gasteiger partial charge in [-0.15, -0.1) is 0 Å². The van der Waals surface area contributed by atoms with Crippen molar-refractivity contribution in [2.75, 3.05) is 23.9 Å². The van der Waals surface area contributed by atoms with Gasteiger partial charge in [0.05, 0.1) is 11.5 Å². The Morgan fingerprint density at radius 1 is 1.19 bits per heavy atom. The highest BCUT2D eigenvalue weighted by Gasteiger charge is 2.08. The lowest BCUT2D eigenvalue weighted by Gasteiger charge is -2.07. The summed E-state index contributed by atoms with van der Waals surface area (Å²) in [6, 6.07) is 6.32. The first kappa shape index (κ1) is 15.0. The number of anilines is 3. The minimum atomic E-state index is -3.22. The van der Waals surface area contributed by atoms with E-state index in [0.29, 0.717) is 12.3 Å². The molecule has 0 saturated heterocycles. The van der Waals surface area contributed by atoms with E-state index in [-0.39, 0.29) is 22.8 Å². The summed E-state index contributed by atoms with van der Waals surface area (Å²) >= 11 is 0. The Morgan fingerprint density at radius 3 is 2.43 bits per heavy atom. The van der Waals surface area contributed by atoms with Crippen LogP contribution in [-0.2, 0) is 9.84 Å². The molecule has 0 aliphatic heterocycles. The number of benzene rings is 1. The monoisotopic (exact) mass is 309 g/mol. The van der Waals surface area contributed by atoms with E-state index < -0.39 is 9.84 Å². The normalized spacial score (nSPS) is 11.1. The van der Waals surface area contributed by atoms with Crippen LogP contribution < -0.4 is 15.8 Å². The third kappa shape index (κ3) is 4.02. The highest BCUT2D eigenvalue weighted by atomic mass is 32.2. The second-order valence-corrected chi connectivity index (χ2v) is 6.17. The van der Waals surface area contributed by atoms with Crippen LogP contribution in [0.4, 0.5) is 17.6 Å². The van der Waals surface area contributed by atoms with Gasteiger partial charge in [-0.1, -0.05) is 0 Å². The van der Waals surface area contributed by atoms with Gasteiger partial charge in [0.2, 0.25) is 11.9 Å². The molecule has 0 amide bonds. The summed E-state index contributed by atoms with van der Waals surface area (Å²) in [6.07, 6.45) is 1.15. The quantitative estimate of drug-likeness (QED) is 0.839. The number of sulfone groups is 1. The highest BCUT2D eigenvalue weighted by molar-refractivity contribution is 7.90.